The van der Waals surface area contributed by atoms with Gasteiger partial charge in [0.2, 0.25) is 0 Å². The van der Waals surface area contributed by atoms with Gasteiger partial charge in [0.25, 0.3) is 5.91 Å². The van der Waals surface area contributed by atoms with Gasteiger partial charge in [0.05, 0.1) is 50.6 Å². The molecule has 1 aromatic heterocycles. The zero-order valence-corrected chi connectivity index (χ0v) is 17.9. The van der Waals surface area contributed by atoms with Crippen molar-refractivity contribution in [3.63, 3.8) is 0 Å². The van der Waals surface area contributed by atoms with Gasteiger partial charge in [-0.15, -0.1) is 0 Å². The molecule has 1 aliphatic rings. The van der Waals surface area contributed by atoms with Crippen LogP contribution in [0.2, 0.25) is 0 Å². The second kappa shape index (κ2) is 9.52. The fourth-order valence-corrected chi connectivity index (χ4v) is 3.50. The molecule has 1 fully saturated rings. The fraction of sp³-hybridized carbons (Fsp3) is 0.261. The molecule has 1 saturated heterocycles. The van der Waals surface area contributed by atoms with Crippen LogP contribution in [-0.4, -0.2) is 62.2 Å². The third-order valence-electron chi connectivity index (χ3n) is 5.17. The number of para-hydroxylation sites is 1. The highest BCUT2D eigenvalue weighted by atomic mass is 16.5. The van der Waals surface area contributed by atoms with E-state index >= 15 is 0 Å². The monoisotopic (exact) mass is 436 g/mol. The molecule has 0 atom stereocenters. The summed E-state index contributed by atoms with van der Waals surface area (Å²) >= 11 is 0. The van der Waals surface area contributed by atoms with E-state index in [0.717, 1.165) is 24.5 Å². The minimum absolute atomic E-state index is 0.101. The Hall–Kier alpha value is -3.85. The molecule has 2 heterocycles. The number of nitrogens with zero attached hydrogens (tertiary/aromatic N) is 3. The summed E-state index contributed by atoms with van der Waals surface area (Å²) in [5.41, 5.74) is 2.33. The number of anilines is 2. The summed E-state index contributed by atoms with van der Waals surface area (Å²) < 4.78 is 17.2. The molecule has 1 N–H and O–H groups in total. The number of esters is 1. The van der Waals surface area contributed by atoms with Gasteiger partial charge < -0.3 is 24.4 Å². The number of aromatic nitrogens is 2. The zero-order valence-electron chi connectivity index (χ0n) is 17.9. The molecular weight excluding hydrogens is 412 g/mol. The van der Waals surface area contributed by atoms with E-state index < -0.39 is 11.9 Å². The molecule has 0 spiro atoms. The number of amides is 1. The highest BCUT2D eigenvalue weighted by Gasteiger charge is 2.22. The Kier molecular flexibility index (Phi) is 6.37. The predicted molar refractivity (Wildman–Crippen MR) is 119 cm³/mol. The molecule has 2 aromatic carbocycles. The molecular formula is C23H24N4O5. The molecule has 32 heavy (non-hydrogen) atoms. The second-order valence-corrected chi connectivity index (χ2v) is 7.10. The molecule has 1 aliphatic heterocycles. The van der Waals surface area contributed by atoms with Crippen LogP contribution in [-0.2, 0) is 9.47 Å². The molecule has 9 heteroatoms. The van der Waals surface area contributed by atoms with E-state index in [1.54, 1.807) is 23.0 Å². The van der Waals surface area contributed by atoms with Crippen LogP contribution < -0.4 is 15.0 Å². The van der Waals surface area contributed by atoms with E-state index in [1.807, 2.05) is 36.4 Å². The highest BCUT2D eigenvalue weighted by molar-refractivity contribution is 6.08. The lowest BCUT2D eigenvalue weighted by atomic mass is 10.1. The maximum Gasteiger partial charge on any atom is 0.340 e. The minimum atomic E-state index is -0.544. The largest absolute Gasteiger partial charge is 0.493 e. The average molecular weight is 436 g/mol. The lowest BCUT2D eigenvalue weighted by Crippen LogP contribution is -2.36. The van der Waals surface area contributed by atoms with Gasteiger partial charge in [0.1, 0.15) is 0 Å². The van der Waals surface area contributed by atoms with Crippen LogP contribution in [0.15, 0.2) is 54.7 Å². The van der Waals surface area contributed by atoms with Crippen LogP contribution in [0.1, 0.15) is 20.8 Å². The smallest absolute Gasteiger partial charge is 0.340 e. The molecule has 0 unspecified atom stereocenters. The maximum absolute atomic E-state index is 13.0. The number of methoxy groups -OCH3 is 2. The highest BCUT2D eigenvalue weighted by Crippen LogP contribution is 2.27. The number of carbonyl (C=O) groups is 2. The summed E-state index contributed by atoms with van der Waals surface area (Å²) in [7, 11) is 2.78. The Morgan fingerprint density at radius 3 is 2.47 bits per heavy atom. The topological polar surface area (TPSA) is 94.9 Å². The molecule has 0 saturated carbocycles. The first kappa shape index (κ1) is 21.4. The third-order valence-corrected chi connectivity index (χ3v) is 5.17. The molecule has 166 valence electrons. The summed E-state index contributed by atoms with van der Waals surface area (Å²) in [6.45, 7) is 2.69. The van der Waals surface area contributed by atoms with Crippen molar-refractivity contribution in [3.05, 3.63) is 66.0 Å². The quantitative estimate of drug-likeness (QED) is 0.594. The van der Waals surface area contributed by atoms with Crippen molar-refractivity contribution in [2.24, 2.45) is 0 Å². The lowest BCUT2D eigenvalue weighted by Gasteiger charge is -2.29. The number of carbonyl (C=O) groups excluding carboxylic acids is 2. The van der Waals surface area contributed by atoms with Crippen LogP contribution in [0.5, 0.6) is 5.75 Å². The number of rotatable bonds is 6. The van der Waals surface area contributed by atoms with Crippen LogP contribution in [0, 0.1) is 0 Å². The standard InChI is InChI=1S/C23H24N4O5/c1-30-20-15-27(16-6-4-3-5-7-16)25-21(20)22(28)24-19-9-8-17(14-18(19)23(29)31-2)26-10-12-32-13-11-26/h3-9,14-15H,10-13H2,1-2H3,(H,24,28). The van der Waals surface area contributed by atoms with Crippen molar-refractivity contribution in [2.75, 3.05) is 50.7 Å². The molecule has 4 rings (SSSR count). The summed E-state index contributed by atoms with van der Waals surface area (Å²) in [5.74, 6) is -0.728. The van der Waals surface area contributed by atoms with E-state index in [0.29, 0.717) is 24.7 Å². The molecule has 0 aliphatic carbocycles. The first-order valence-electron chi connectivity index (χ1n) is 10.2. The van der Waals surface area contributed by atoms with Crippen molar-refractivity contribution >= 4 is 23.3 Å². The summed E-state index contributed by atoms with van der Waals surface area (Å²) in [5, 5.41) is 7.15. The summed E-state index contributed by atoms with van der Waals surface area (Å²) in [6, 6.07) is 14.6. The van der Waals surface area contributed by atoms with E-state index in [-0.39, 0.29) is 11.3 Å². The van der Waals surface area contributed by atoms with E-state index in [9.17, 15) is 9.59 Å². The third kappa shape index (κ3) is 4.42. The van der Waals surface area contributed by atoms with Crippen molar-refractivity contribution < 1.29 is 23.8 Å². The Bertz CT molecular complexity index is 1110. The Balaban J connectivity index is 1.62. The van der Waals surface area contributed by atoms with Crippen molar-refractivity contribution in [3.8, 4) is 11.4 Å². The van der Waals surface area contributed by atoms with E-state index in [4.69, 9.17) is 14.2 Å². The van der Waals surface area contributed by atoms with Crippen molar-refractivity contribution in [1.29, 1.82) is 0 Å². The van der Waals surface area contributed by atoms with Crippen LogP contribution in [0.25, 0.3) is 5.69 Å². The van der Waals surface area contributed by atoms with Gasteiger partial charge >= 0.3 is 5.97 Å². The SMILES string of the molecule is COC(=O)c1cc(N2CCOCC2)ccc1NC(=O)c1nn(-c2ccccc2)cc1OC. The number of hydrogen-bond donors (Lipinski definition) is 1. The first-order valence-corrected chi connectivity index (χ1v) is 10.2. The first-order chi connectivity index (χ1) is 15.6. The van der Waals surface area contributed by atoms with Crippen LogP contribution >= 0.6 is 0 Å². The minimum Gasteiger partial charge on any atom is -0.493 e. The van der Waals surface area contributed by atoms with Gasteiger partial charge in [-0.2, -0.15) is 5.10 Å². The molecule has 0 bridgehead atoms. The maximum atomic E-state index is 13.0. The summed E-state index contributed by atoms with van der Waals surface area (Å²) in [4.78, 5) is 27.6. The normalized spacial score (nSPS) is 13.5. The number of hydrogen-bond acceptors (Lipinski definition) is 7. The van der Waals surface area contributed by atoms with Gasteiger partial charge in [0.15, 0.2) is 11.4 Å². The van der Waals surface area contributed by atoms with Crippen LogP contribution in [0.4, 0.5) is 11.4 Å². The van der Waals surface area contributed by atoms with Gasteiger partial charge in [-0.3, -0.25) is 4.79 Å². The zero-order chi connectivity index (χ0) is 22.5. The molecule has 1 amide bonds. The summed E-state index contributed by atoms with van der Waals surface area (Å²) in [6.07, 6.45) is 1.63. The molecule has 0 radical (unpaired) electrons. The van der Waals surface area contributed by atoms with Crippen LogP contribution in [0.3, 0.4) is 0 Å². The van der Waals surface area contributed by atoms with E-state index in [2.05, 4.69) is 15.3 Å². The number of nitrogens with one attached hydrogen (secondary N) is 1. The van der Waals surface area contributed by atoms with Crippen molar-refractivity contribution in [2.45, 2.75) is 0 Å². The van der Waals surface area contributed by atoms with Gasteiger partial charge in [-0.1, -0.05) is 18.2 Å². The molecule has 9 nitrogen and oxygen atoms in total. The fourth-order valence-electron chi connectivity index (χ4n) is 3.50. The average Bonchev–Trinajstić information content (AvgIpc) is 3.30. The van der Waals surface area contributed by atoms with Gasteiger partial charge in [-0.25, -0.2) is 9.48 Å². The van der Waals surface area contributed by atoms with Crippen molar-refractivity contribution in [1.82, 2.24) is 9.78 Å². The van der Waals surface area contributed by atoms with Gasteiger partial charge in [0, 0.05) is 18.8 Å². The second-order valence-electron chi connectivity index (χ2n) is 7.10. The Morgan fingerprint density at radius 1 is 1.03 bits per heavy atom. The predicted octanol–water partition coefficient (Wildman–Crippen LogP) is 2.76. The number of benzene rings is 2. The lowest BCUT2D eigenvalue weighted by molar-refractivity contribution is 0.0602. The Labute approximate surface area is 185 Å². The number of morpholine rings is 1. The van der Waals surface area contributed by atoms with E-state index in [1.165, 1.54) is 14.2 Å². The Morgan fingerprint density at radius 2 is 1.78 bits per heavy atom. The number of ether oxygens (including phenoxy) is 3. The van der Waals surface area contributed by atoms with Gasteiger partial charge in [-0.05, 0) is 30.3 Å². The molecule has 3 aromatic rings.